The topological polar surface area (TPSA) is 56.7 Å². The zero-order valence-corrected chi connectivity index (χ0v) is 13.1. The van der Waals surface area contributed by atoms with Gasteiger partial charge in [-0.2, -0.15) is 0 Å². The average Bonchev–Trinajstić information content (AvgIpc) is 2.90. The van der Waals surface area contributed by atoms with Crippen molar-refractivity contribution < 1.29 is 3.89 Å². The van der Waals surface area contributed by atoms with Gasteiger partial charge in [-0.3, -0.25) is 0 Å². The Bertz CT molecular complexity index is 743. The van der Waals surface area contributed by atoms with Crippen LogP contribution in [0.2, 0.25) is 5.15 Å². The van der Waals surface area contributed by atoms with Crippen LogP contribution in [-0.4, -0.2) is 13.9 Å². The summed E-state index contributed by atoms with van der Waals surface area (Å²) in [6, 6.07) is 8.91. The fraction of sp³-hybridized carbons (Fsp3) is 0.143. The molecule has 1 aromatic carbocycles. The Kier molecular flexibility index (Phi) is 5.03. The van der Waals surface area contributed by atoms with Crippen LogP contribution in [0.25, 0.3) is 22.3 Å². The van der Waals surface area contributed by atoms with Gasteiger partial charge < -0.3 is 5.73 Å². The van der Waals surface area contributed by atoms with Crippen molar-refractivity contribution in [3.8, 4) is 11.3 Å². The van der Waals surface area contributed by atoms with Crippen molar-refractivity contribution in [3.05, 3.63) is 41.8 Å². The van der Waals surface area contributed by atoms with E-state index in [-0.39, 0.29) is 12.3 Å². The lowest BCUT2D eigenvalue weighted by Crippen LogP contribution is -1.91. The van der Waals surface area contributed by atoms with Crippen molar-refractivity contribution in [2.24, 2.45) is 0 Å². The Morgan fingerprint density at radius 3 is 2.48 bits per heavy atom. The van der Waals surface area contributed by atoms with E-state index in [1.807, 2.05) is 26.0 Å². The van der Waals surface area contributed by atoms with E-state index in [0.717, 1.165) is 5.56 Å². The smallest absolute Gasteiger partial charge is 0.171 e. The van der Waals surface area contributed by atoms with Crippen LogP contribution in [0, 0.1) is 0 Å². The van der Waals surface area contributed by atoms with Crippen molar-refractivity contribution in [2.45, 2.75) is 13.8 Å². The molecular weight excluding hydrogens is 311 g/mol. The lowest BCUT2D eigenvalue weighted by atomic mass is 10.1. The predicted molar refractivity (Wildman–Crippen MR) is 87.8 cm³/mol. The highest BCUT2D eigenvalue weighted by Crippen LogP contribution is 2.33. The molecular formula is C14H14ClFN4S. The van der Waals surface area contributed by atoms with Crippen molar-refractivity contribution in [3.63, 3.8) is 0 Å². The minimum atomic E-state index is 0.0758. The second-order valence-electron chi connectivity index (χ2n) is 3.92. The van der Waals surface area contributed by atoms with Gasteiger partial charge in [0.25, 0.3) is 0 Å². The summed E-state index contributed by atoms with van der Waals surface area (Å²) in [4.78, 5) is 7.95. The minimum Gasteiger partial charge on any atom is -0.399 e. The molecule has 0 atom stereocenters. The van der Waals surface area contributed by atoms with E-state index in [1.165, 1.54) is 10.3 Å². The van der Waals surface area contributed by atoms with Gasteiger partial charge in [-0.25, -0.2) is 13.9 Å². The predicted octanol–water partition coefficient (Wildman–Crippen LogP) is 4.74. The Labute approximate surface area is 131 Å². The number of benzene rings is 1. The molecule has 3 rings (SSSR count). The standard InChI is InChI=1S/C12H8ClFN4S.C2H6/c13-11-9-5-10(7-1-3-8(15)4-2-7)18(19-14)12(9)17-6-16-11;1-2/h1-6H,15H2;1-2H3. The van der Waals surface area contributed by atoms with Gasteiger partial charge in [0, 0.05) is 5.69 Å². The third kappa shape index (κ3) is 2.96. The molecule has 21 heavy (non-hydrogen) atoms. The first-order valence-corrected chi connectivity index (χ1v) is 7.43. The second-order valence-corrected chi connectivity index (χ2v) is 4.78. The Balaban J connectivity index is 0.000000774. The molecule has 0 unspecified atom stereocenters. The van der Waals surface area contributed by atoms with Gasteiger partial charge in [-0.15, -0.1) is 3.89 Å². The van der Waals surface area contributed by atoms with Gasteiger partial charge >= 0.3 is 0 Å². The number of fused-ring (bicyclic) bond motifs is 1. The number of nitrogen functional groups attached to an aromatic ring is 1. The molecule has 0 aliphatic heterocycles. The quantitative estimate of drug-likeness (QED) is 0.546. The molecule has 0 fully saturated rings. The molecule has 7 heteroatoms. The summed E-state index contributed by atoms with van der Waals surface area (Å²) in [5.41, 5.74) is 8.22. The summed E-state index contributed by atoms with van der Waals surface area (Å²) in [7, 11) is 0. The molecule has 110 valence electrons. The molecule has 0 aliphatic rings. The molecule has 0 saturated heterocycles. The third-order valence-electron chi connectivity index (χ3n) is 2.78. The van der Waals surface area contributed by atoms with E-state index in [2.05, 4.69) is 9.97 Å². The van der Waals surface area contributed by atoms with E-state index >= 15 is 0 Å². The summed E-state index contributed by atoms with van der Waals surface area (Å²) < 4.78 is 14.6. The average molecular weight is 325 g/mol. The number of nitrogens with zero attached hydrogens (tertiary/aromatic N) is 3. The van der Waals surface area contributed by atoms with Crippen LogP contribution >= 0.6 is 23.9 Å². The summed E-state index contributed by atoms with van der Waals surface area (Å²) in [5, 5.41) is 0.913. The molecule has 0 amide bonds. The highest BCUT2D eigenvalue weighted by molar-refractivity contribution is 7.93. The van der Waals surface area contributed by atoms with Crippen LogP contribution in [0.3, 0.4) is 0 Å². The van der Waals surface area contributed by atoms with Gasteiger partial charge in [-0.05, 0) is 23.8 Å². The number of rotatable bonds is 2. The molecule has 4 nitrogen and oxygen atoms in total. The van der Waals surface area contributed by atoms with Crippen LogP contribution in [-0.2, 0) is 0 Å². The summed E-state index contributed by atoms with van der Waals surface area (Å²) in [6.07, 6.45) is 1.31. The zero-order valence-electron chi connectivity index (χ0n) is 11.5. The van der Waals surface area contributed by atoms with Crippen LogP contribution in [0.4, 0.5) is 9.57 Å². The number of halogens is 2. The molecule has 0 saturated carbocycles. The lowest BCUT2D eigenvalue weighted by Gasteiger charge is -2.04. The Hall–Kier alpha value is -1.79. The summed E-state index contributed by atoms with van der Waals surface area (Å²) in [6.45, 7) is 4.00. The monoisotopic (exact) mass is 324 g/mol. The first kappa shape index (κ1) is 15.6. The van der Waals surface area contributed by atoms with Crippen LogP contribution < -0.4 is 5.73 Å². The first-order valence-electron chi connectivity index (χ1n) is 6.37. The van der Waals surface area contributed by atoms with E-state index in [9.17, 15) is 3.89 Å². The largest absolute Gasteiger partial charge is 0.399 e. The normalized spacial score (nSPS) is 10.3. The number of hydrogen-bond donors (Lipinski definition) is 1. The van der Waals surface area contributed by atoms with Gasteiger partial charge in [0.05, 0.1) is 11.1 Å². The number of aromatic nitrogens is 3. The zero-order chi connectivity index (χ0) is 15.4. The summed E-state index contributed by atoms with van der Waals surface area (Å²) >= 11 is 6.07. The van der Waals surface area contributed by atoms with Crippen LogP contribution in [0.15, 0.2) is 36.7 Å². The number of nitrogens with two attached hydrogens (primary N) is 1. The lowest BCUT2D eigenvalue weighted by molar-refractivity contribution is 0.920. The van der Waals surface area contributed by atoms with Crippen molar-refractivity contribution in [2.75, 3.05) is 5.73 Å². The molecule has 3 aromatic rings. The Morgan fingerprint density at radius 1 is 1.19 bits per heavy atom. The van der Waals surface area contributed by atoms with Crippen molar-refractivity contribution in [1.82, 2.24) is 13.9 Å². The minimum absolute atomic E-state index is 0.0758. The van der Waals surface area contributed by atoms with E-state index < -0.39 is 0 Å². The number of hydrogen-bond acceptors (Lipinski definition) is 4. The van der Waals surface area contributed by atoms with E-state index in [4.69, 9.17) is 17.3 Å². The van der Waals surface area contributed by atoms with Crippen molar-refractivity contribution in [1.29, 1.82) is 0 Å². The molecule has 0 bridgehead atoms. The molecule has 0 radical (unpaired) electrons. The Morgan fingerprint density at radius 2 is 1.86 bits per heavy atom. The highest BCUT2D eigenvalue weighted by Gasteiger charge is 2.15. The van der Waals surface area contributed by atoms with Crippen molar-refractivity contribution >= 4 is 40.7 Å². The molecule has 2 aromatic heterocycles. The highest BCUT2D eigenvalue weighted by atomic mass is 35.5. The van der Waals surface area contributed by atoms with Crippen LogP contribution in [0.1, 0.15) is 13.8 Å². The maximum atomic E-state index is 13.2. The van der Waals surface area contributed by atoms with Gasteiger partial charge in [0.15, 0.2) is 18.0 Å². The fourth-order valence-electron chi connectivity index (χ4n) is 1.89. The van der Waals surface area contributed by atoms with E-state index in [1.54, 1.807) is 18.2 Å². The first-order chi connectivity index (χ1) is 10.2. The number of anilines is 1. The SMILES string of the molecule is CC.Nc1ccc(-c2cc3c(Cl)ncnc3n2SF)cc1. The van der Waals surface area contributed by atoms with E-state index in [0.29, 0.717) is 27.6 Å². The van der Waals surface area contributed by atoms with Gasteiger partial charge in [0.1, 0.15) is 11.5 Å². The second kappa shape index (κ2) is 6.78. The van der Waals surface area contributed by atoms with Gasteiger partial charge in [-0.1, -0.05) is 37.6 Å². The molecule has 0 spiro atoms. The van der Waals surface area contributed by atoms with Gasteiger partial charge in [0.2, 0.25) is 0 Å². The molecule has 0 aliphatic carbocycles. The summed E-state index contributed by atoms with van der Waals surface area (Å²) in [5.74, 6) is 0. The molecule has 2 N–H and O–H groups in total. The maximum absolute atomic E-state index is 13.2. The molecule has 2 heterocycles. The fourth-order valence-corrected chi connectivity index (χ4v) is 2.51. The maximum Gasteiger partial charge on any atom is 0.171 e. The van der Waals surface area contributed by atoms with Crippen LogP contribution in [0.5, 0.6) is 0 Å². The third-order valence-corrected chi connectivity index (χ3v) is 3.59.